The van der Waals surface area contributed by atoms with Crippen LogP contribution in [0.1, 0.15) is 20.3 Å². The highest BCUT2D eigenvalue weighted by atomic mass is 19.4. The average molecular weight is 425 g/mol. The maximum Gasteiger partial charge on any atom is 0.491 e. The van der Waals surface area contributed by atoms with Crippen molar-refractivity contribution in [2.45, 2.75) is 44.6 Å². The van der Waals surface area contributed by atoms with E-state index in [1.165, 1.54) is 4.90 Å². The zero-order chi connectivity index (χ0) is 22.4. The van der Waals surface area contributed by atoms with Gasteiger partial charge in [-0.25, -0.2) is 9.59 Å². The third kappa shape index (κ3) is 6.71. The molecule has 164 valence electrons. The number of nitrogens with two attached hydrogens (primary N) is 1. The van der Waals surface area contributed by atoms with Crippen molar-refractivity contribution in [1.82, 2.24) is 10.2 Å². The second-order valence-electron chi connectivity index (χ2n) is 6.10. The van der Waals surface area contributed by atoms with Gasteiger partial charge in [-0.2, -0.15) is 13.2 Å². The number of alkyl halides is 3. The van der Waals surface area contributed by atoms with Crippen LogP contribution in [0.15, 0.2) is 11.8 Å². The van der Waals surface area contributed by atoms with Gasteiger partial charge in [0.15, 0.2) is 6.10 Å². The maximum absolute atomic E-state index is 12.8. The number of hydrogen-bond donors (Lipinski definition) is 3. The number of nitrogens with one attached hydrogen (secondary N) is 1. The molecule has 0 aliphatic carbocycles. The van der Waals surface area contributed by atoms with Crippen molar-refractivity contribution < 1.29 is 46.9 Å². The molecule has 0 aromatic carbocycles. The van der Waals surface area contributed by atoms with Gasteiger partial charge in [0.2, 0.25) is 11.7 Å². The van der Waals surface area contributed by atoms with Crippen LogP contribution in [0.25, 0.3) is 0 Å². The van der Waals surface area contributed by atoms with Gasteiger partial charge in [0.05, 0.1) is 18.7 Å². The van der Waals surface area contributed by atoms with Crippen molar-refractivity contribution in [3.8, 4) is 0 Å². The van der Waals surface area contributed by atoms with Crippen molar-refractivity contribution >= 4 is 23.8 Å². The van der Waals surface area contributed by atoms with E-state index in [1.807, 2.05) is 0 Å². The molecule has 0 bridgehead atoms. The minimum atomic E-state index is -5.42. The fourth-order valence-corrected chi connectivity index (χ4v) is 2.55. The summed E-state index contributed by atoms with van der Waals surface area (Å²) in [7, 11) is 0. The molecule has 4 N–H and O–H groups in total. The van der Waals surface area contributed by atoms with Crippen LogP contribution >= 0.6 is 0 Å². The lowest BCUT2D eigenvalue weighted by molar-refractivity contribution is -0.202. The molecule has 3 atom stereocenters. The lowest BCUT2D eigenvalue weighted by atomic mass is 9.97. The topological polar surface area (TPSA) is 148 Å². The minimum Gasteiger partial charge on any atom is -0.471 e. The first-order valence-electron chi connectivity index (χ1n) is 8.56. The van der Waals surface area contributed by atoms with E-state index < -0.39 is 53.9 Å². The molecule has 0 saturated carbocycles. The smallest absolute Gasteiger partial charge is 0.471 e. The van der Waals surface area contributed by atoms with Gasteiger partial charge in [-0.05, 0) is 12.5 Å². The van der Waals surface area contributed by atoms with E-state index in [-0.39, 0.29) is 19.7 Å². The van der Waals surface area contributed by atoms with Gasteiger partial charge in [-0.3, -0.25) is 9.59 Å². The number of ether oxygens (including phenoxy) is 2. The lowest BCUT2D eigenvalue weighted by Gasteiger charge is -2.37. The van der Waals surface area contributed by atoms with Crippen molar-refractivity contribution in [2.24, 2.45) is 5.73 Å². The average Bonchev–Trinajstić information content (AvgIpc) is 2.61. The monoisotopic (exact) mass is 425 g/mol. The minimum absolute atomic E-state index is 0.0926. The van der Waals surface area contributed by atoms with Gasteiger partial charge < -0.3 is 30.5 Å². The Hall–Kier alpha value is -2.67. The number of carbonyl (C=O) groups excluding carboxylic acids is 4. The number of esters is 2. The molecule has 0 saturated heterocycles. The van der Waals surface area contributed by atoms with E-state index >= 15 is 0 Å². The Balaban J connectivity index is 3.16. The zero-order valence-electron chi connectivity index (χ0n) is 15.7. The number of hydrogen-bond acceptors (Lipinski definition) is 8. The molecule has 1 aliphatic rings. The molecule has 0 aromatic rings. The third-order valence-electron chi connectivity index (χ3n) is 3.75. The van der Waals surface area contributed by atoms with Crippen LogP contribution in [0, 0.1) is 0 Å². The standard InChI is InChI=1S/C16H22F3N3O7/c1-3-4-22(5-6-23)13(25)12-11(21-8(2)24)9(20)7-10(28-12)14(26)29-15(27)16(17,18)19/h7,9,11-12,23H,3-6,20H2,1-2H3,(H,21,24)/t9-,11+,12+/m0/s1. The summed E-state index contributed by atoms with van der Waals surface area (Å²) >= 11 is 0. The maximum atomic E-state index is 12.8. The normalized spacial score (nSPS) is 21.5. The molecule has 1 rings (SSSR count). The van der Waals surface area contributed by atoms with Crippen LogP contribution in [0.3, 0.4) is 0 Å². The van der Waals surface area contributed by atoms with E-state index in [1.54, 1.807) is 6.92 Å². The quantitative estimate of drug-likeness (QED) is 0.346. The molecular formula is C16H22F3N3O7. The molecule has 2 amide bonds. The number of aliphatic hydroxyl groups is 1. The van der Waals surface area contributed by atoms with Crippen LogP contribution in [0.2, 0.25) is 0 Å². The number of rotatable bonds is 7. The first-order chi connectivity index (χ1) is 13.4. The molecule has 29 heavy (non-hydrogen) atoms. The molecule has 0 aromatic heterocycles. The Labute approximate surface area is 163 Å². The Morgan fingerprint density at radius 1 is 1.31 bits per heavy atom. The number of aliphatic hydroxyl groups excluding tert-OH is 1. The van der Waals surface area contributed by atoms with Gasteiger partial charge >= 0.3 is 18.1 Å². The van der Waals surface area contributed by atoms with Crippen LogP contribution < -0.4 is 11.1 Å². The highest BCUT2D eigenvalue weighted by Gasteiger charge is 2.46. The Kier molecular flexibility index (Phi) is 8.58. The van der Waals surface area contributed by atoms with Gasteiger partial charge in [-0.15, -0.1) is 0 Å². The molecule has 10 nitrogen and oxygen atoms in total. The van der Waals surface area contributed by atoms with Crippen LogP contribution in [0.4, 0.5) is 13.2 Å². The summed E-state index contributed by atoms with van der Waals surface area (Å²) in [5, 5.41) is 11.5. The van der Waals surface area contributed by atoms with Gasteiger partial charge in [0.1, 0.15) is 0 Å². The predicted octanol–water partition coefficient (Wildman–Crippen LogP) is -1.04. The molecule has 1 aliphatic heterocycles. The van der Waals surface area contributed by atoms with Crippen LogP contribution in [-0.2, 0) is 28.7 Å². The van der Waals surface area contributed by atoms with E-state index in [0.717, 1.165) is 13.0 Å². The summed E-state index contributed by atoms with van der Waals surface area (Å²) in [6.07, 6.45) is -5.67. The summed E-state index contributed by atoms with van der Waals surface area (Å²) in [5.41, 5.74) is 5.84. The van der Waals surface area contributed by atoms with E-state index in [9.17, 15) is 32.3 Å². The Bertz CT molecular complexity index is 675. The molecule has 0 unspecified atom stereocenters. The molecule has 0 fully saturated rings. The van der Waals surface area contributed by atoms with Crippen molar-refractivity contribution in [1.29, 1.82) is 0 Å². The summed E-state index contributed by atoms with van der Waals surface area (Å²) in [6.45, 7) is 2.60. The molecule has 0 spiro atoms. The second-order valence-corrected chi connectivity index (χ2v) is 6.10. The molecule has 13 heteroatoms. The number of nitrogens with zero attached hydrogens (tertiary/aromatic N) is 1. The van der Waals surface area contributed by atoms with Crippen LogP contribution in [0.5, 0.6) is 0 Å². The second kappa shape index (κ2) is 10.2. The van der Waals surface area contributed by atoms with Crippen molar-refractivity contribution in [2.75, 3.05) is 19.7 Å². The third-order valence-corrected chi connectivity index (χ3v) is 3.75. The fourth-order valence-electron chi connectivity index (χ4n) is 2.55. The number of carbonyl (C=O) groups is 4. The zero-order valence-corrected chi connectivity index (χ0v) is 15.7. The lowest BCUT2D eigenvalue weighted by Crippen LogP contribution is -2.61. The molecule has 0 radical (unpaired) electrons. The van der Waals surface area contributed by atoms with Crippen LogP contribution in [-0.4, -0.2) is 77.8 Å². The molecular weight excluding hydrogens is 403 g/mol. The number of halogens is 3. The summed E-state index contributed by atoms with van der Waals surface area (Å²) in [4.78, 5) is 48.2. The van der Waals surface area contributed by atoms with Gasteiger partial charge in [0, 0.05) is 20.0 Å². The van der Waals surface area contributed by atoms with E-state index in [2.05, 4.69) is 10.1 Å². The number of amides is 2. The summed E-state index contributed by atoms with van der Waals surface area (Å²) in [5.74, 6) is -6.78. The fraction of sp³-hybridized carbons (Fsp3) is 0.625. The van der Waals surface area contributed by atoms with E-state index in [0.29, 0.717) is 6.42 Å². The Morgan fingerprint density at radius 3 is 2.41 bits per heavy atom. The summed E-state index contributed by atoms with van der Waals surface area (Å²) < 4.78 is 45.8. The molecule has 1 heterocycles. The first kappa shape index (κ1) is 24.4. The largest absolute Gasteiger partial charge is 0.491 e. The Morgan fingerprint density at radius 2 is 1.93 bits per heavy atom. The highest BCUT2D eigenvalue weighted by Crippen LogP contribution is 2.23. The van der Waals surface area contributed by atoms with Crippen molar-refractivity contribution in [3.05, 3.63) is 11.8 Å². The highest BCUT2D eigenvalue weighted by molar-refractivity contribution is 5.97. The summed E-state index contributed by atoms with van der Waals surface area (Å²) in [6, 6.07) is -2.38. The van der Waals surface area contributed by atoms with E-state index in [4.69, 9.17) is 15.6 Å². The first-order valence-corrected chi connectivity index (χ1v) is 8.56. The predicted molar refractivity (Wildman–Crippen MR) is 89.6 cm³/mol. The SMILES string of the molecule is CCCN(CCO)C(=O)[C@@H]1OC(C(=O)OC(=O)C(F)(F)F)=C[C@H](N)[C@H]1NC(C)=O. The van der Waals surface area contributed by atoms with Gasteiger partial charge in [0.25, 0.3) is 5.91 Å². The van der Waals surface area contributed by atoms with Gasteiger partial charge in [-0.1, -0.05) is 6.92 Å². The van der Waals surface area contributed by atoms with Crippen molar-refractivity contribution in [3.63, 3.8) is 0 Å².